The summed E-state index contributed by atoms with van der Waals surface area (Å²) in [4.78, 5) is 10.9. The van der Waals surface area contributed by atoms with Gasteiger partial charge in [0.1, 0.15) is 16.8 Å². The van der Waals surface area contributed by atoms with Gasteiger partial charge in [-0.1, -0.05) is 11.6 Å². The van der Waals surface area contributed by atoms with Crippen LogP contribution in [0.15, 0.2) is 0 Å². The molecule has 0 amide bonds. The third-order valence-corrected chi connectivity index (χ3v) is 6.23. The number of rotatable bonds is 3. The number of anilines is 1. The Labute approximate surface area is 124 Å². The van der Waals surface area contributed by atoms with Gasteiger partial charge in [0.25, 0.3) is 0 Å². The van der Waals surface area contributed by atoms with E-state index in [9.17, 15) is 8.42 Å². The van der Waals surface area contributed by atoms with Crippen LogP contribution in [0.2, 0.25) is 5.15 Å². The van der Waals surface area contributed by atoms with Crippen molar-refractivity contribution in [2.45, 2.75) is 38.1 Å². The predicted octanol–water partition coefficient (Wildman–Crippen LogP) is 1.94. The fraction of sp³-hybridized carbons (Fsp3) is 0.692. The number of hydrogen-bond acceptors (Lipinski definition) is 5. The van der Waals surface area contributed by atoms with Crippen molar-refractivity contribution in [3.05, 3.63) is 16.5 Å². The lowest BCUT2D eigenvalue weighted by molar-refractivity contribution is 0.600. The van der Waals surface area contributed by atoms with Crippen LogP contribution in [-0.4, -0.2) is 43.0 Å². The van der Waals surface area contributed by atoms with Gasteiger partial charge < -0.3 is 4.90 Å². The molecule has 1 saturated carbocycles. The summed E-state index contributed by atoms with van der Waals surface area (Å²) in [5.41, 5.74) is 0.822. The Bertz CT molecular complexity index is 643. The maximum atomic E-state index is 11.6. The van der Waals surface area contributed by atoms with Gasteiger partial charge in [0, 0.05) is 24.6 Å². The van der Waals surface area contributed by atoms with Crippen LogP contribution in [0.5, 0.6) is 0 Å². The fourth-order valence-corrected chi connectivity index (χ4v) is 4.56. The van der Waals surface area contributed by atoms with Gasteiger partial charge in [-0.15, -0.1) is 0 Å². The molecule has 110 valence electrons. The monoisotopic (exact) mass is 315 g/mol. The first kappa shape index (κ1) is 14.1. The van der Waals surface area contributed by atoms with Crippen LogP contribution in [0.1, 0.15) is 36.6 Å². The van der Waals surface area contributed by atoms with Crippen molar-refractivity contribution >= 4 is 27.3 Å². The minimum absolute atomic E-state index is 0.0169. The van der Waals surface area contributed by atoms with Crippen LogP contribution in [0, 0.1) is 6.92 Å². The Morgan fingerprint density at radius 2 is 1.95 bits per heavy atom. The first-order valence-electron chi connectivity index (χ1n) is 6.84. The van der Waals surface area contributed by atoms with E-state index < -0.39 is 9.84 Å². The van der Waals surface area contributed by atoms with Gasteiger partial charge in [-0.3, -0.25) is 0 Å². The Morgan fingerprint density at radius 3 is 2.50 bits per heavy atom. The van der Waals surface area contributed by atoms with Crippen molar-refractivity contribution in [2.75, 3.05) is 23.5 Å². The van der Waals surface area contributed by atoms with E-state index in [1.165, 1.54) is 0 Å². The third kappa shape index (κ3) is 2.63. The molecule has 0 aromatic carbocycles. The van der Waals surface area contributed by atoms with Crippen molar-refractivity contribution in [3.63, 3.8) is 0 Å². The van der Waals surface area contributed by atoms with E-state index in [0.717, 1.165) is 30.0 Å². The average Bonchev–Trinajstić information content (AvgIpc) is 3.16. The van der Waals surface area contributed by atoms with Crippen LogP contribution >= 0.6 is 11.6 Å². The maximum absolute atomic E-state index is 11.6. The molecular weight excluding hydrogens is 298 g/mol. The first-order valence-corrected chi connectivity index (χ1v) is 9.04. The normalized spacial score (nSPS) is 24.9. The van der Waals surface area contributed by atoms with Crippen LogP contribution in [-0.2, 0) is 9.84 Å². The fourth-order valence-electron chi connectivity index (χ4n) is 2.62. The maximum Gasteiger partial charge on any atom is 0.152 e. The molecule has 1 aliphatic carbocycles. The molecule has 20 heavy (non-hydrogen) atoms. The Kier molecular flexibility index (Phi) is 3.41. The summed E-state index contributed by atoms with van der Waals surface area (Å²) in [5, 5.41) is 0.476. The van der Waals surface area contributed by atoms with Crippen molar-refractivity contribution in [3.8, 4) is 0 Å². The lowest BCUT2D eigenvalue weighted by atomic mass is 10.2. The molecule has 3 rings (SSSR count). The molecule has 0 N–H and O–H groups in total. The summed E-state index contributed by atoms with van der Waals surface area (Å²) < 4.78 is 23.3. The minimum atomic E-state index is -2.90. The lowest BCUT2D eigenvalue weighted by Crippen LogP contribution is -2.34. The molecular formula is C13H18ClN3O2S. The van der Waals surface area contributed by atoms with Crippen LogP contribution in [0.4, 0.5) is 5.82 Å². The Balaban J connectivity index is 1.92. The van der Waals surface area contributed by atoms with Gasteiger partial charge in [0.2, 0.25) is 0 Å². The summed E-state index contributed by atoms with van der Waals surface area (Å²) in [6.45, 7) is 1.88. The molecule has 0 spiro atoms. The van der Waals surface area contributed by atoms with Gasteiger partial charge in [-0.05, 0) is 26.2 Å². The molecule has 7 heteroatoms. The van der Waals surface area contributed by atoms with Crippen LogP contribution in [0.25, 0.3) is 0 Å². The third-order valence-electron chi connectivity index (χ3n) is 4.11. The molecule has 1 unspecified atom stereocenters. The zero-order chi connectivity index (χ0) is 14.5. The summed E-state index contributed by atoms with van der Waals surface area (Å²) in [5.74, 6) is 2.45. The van der Waals surface area contributed by atoms with Gasteiger partial charge >= 0.3 is 0 Å². The quantitative estimate of drug-likeness (QED) is 0.798. The highest BCUT2D eigenvalue weighted by Crippen LogP contribution is 2.40. The number of hydrogen-bond donors (Lipinski definition) is 0. The standard InChI is InChI=1S/C13H18ClN3O2S/c1-8-11(14)15-12(9-3-4-9)16-13(8)17(2)10-5-6-20(18,19)7-10/h9-10H,3-7H2,1-2H3. The molecule has 1 aromatic heterocycles. The minimum Gasteiger partial charge on any atom is -0.355 e. The van der Waals surface area contributed by atoms with E-state index in [2.05, 4.69) is 9.97 Å². The zero-order valence-corrected chi connectivity index (χ0v) is 13.2. The Hall–Kier alpha value is -0.880. The molecule has 0 radical (unpaired) electrons. The summed E-state index contributed by atoms with van der Waals surface area (Å²) in [6, 6.07) is -0.0169. The summed E-state index contributed by atoms with van der Waals surface area (Å²) in [6.07, 6.45) is 2.87. The van der Waals surface area contributed by atoms with Gasteiger partial charge in [-0.2, -0.15) is 0 Å². The highest BCUT2D eigenvalue weighted by molar-refractivity contribution is 7.91. The largest absolute Gasteiger partial charge is 0.355 e. The number of halogens is 1. The molecule has 1 aliphatic heterocycles. The second-order valence-electron chi connectivity index (χ2n) is 5.76. The molecule has 1 saturated heterocycles. The zero-order valence-electron chi connectivity index (χ0n) is 11.6. The predicted molar refractivity (Wildman–Crippen MR) is 79.2 cm³/mol. The molecule has 0 bridgehead atoms. The van der Waals surface area contributed by atoms with Crippen molar-refractivity contribution in [1.29, 1.82) is 0 Å². The van der Waals surface area contributed by atoms with Gasteiger partial charge in [-0.25, -0.2) is 18.4 Å². The highest BCUT2D eigenvalue weighted by atomic mass is 35.5. The highest BCUT2D eigenvalue weighted by Gasteiger charge is 2.33. The first-order chi connectivity index (χ1) is 9.37. The lowest BCUT2D eigenvalue weighted by Gasteiger charge is -2.26. The van der Waals surface area contributed by atoms with Crippen molar-refractivity contribution in [1.82, 2.24) is 9.97 Å². The summed E-state index contributed by atoms with van der Waals surface area (Å²) in [7, 11) is -1.01. The Morgan fingerprint density at radius 1 is 1.25 bits per heavy atom. The summed E-state index contributed by atoms with van der Waals surface area (Å²) >= 11 is 6.20. The second-order valence-corrected chi connectivity index (χ2v) is 8.35. The van der Waals surface area contributed by atoms with Crippen LogP contribution in [0.3, 0.4) is 0 Å². The van der Waals surface area contributed by atoms with E-state index in [1.807, 2.05) is 18.9 Å². The van der Waals surface area contributed by atoms with Crippen molar-refractivity contribution in [2.24, 2.45) is 0 Å². The molecule has 2 aliphatic rings. The topological polar surface area (TPSA) is 63.2 Å². The van der Waals surface area contributed by atoms with E-state index in [-0.39, 0.29) is 17.5 Å². The molecule has 2 heterocycles. The molecule has 1 atom stereocenters. The number of nitrogens with zero attached hydrogens (tertiary/aromatic N) is 3. The number of aromatic nitrogens is 2. The smallest absolute Gasteiger partial charge is 0.152 e. The van der Waals surface area contributed by atoms with Crippen molar-refractivity contribution < 1.29 is 8.42 Å². The van der Waals surface area contributed by atoms with E-state index in [0.29, 0.717) is 17.5 Å². The number of sulfone groups is 1. The molecule has 2 fully saturated rings. The van der Waals surface area contributed by atoms with Gasteiger partial charge in [0.05, 0.1) is 11.5 Å². The molecule has 5 nitrogen and oxygen atoms in total. The van der Waals surface area contributed by atoms with E-state index in [4.69, 9.17) is 11.6 Å². The SMILES string of the molecule is Cc1c(Cl)nc(C2CC2)nc1N(C)C1CCS(=O)(=O)C1. The van der Waals surface area contributed by atoms with E-state index >= 15 is 0 Å². The van der Waals surface area contributed by atoms with E-state index in [1.54, 1.807) is 0 Å². The molecule has 1 aromatic rings. The average molecular weight is 316 g/mol. The van der Waals surface area contributed by atoms with Gasteiger partial charge in [0.15, 0.2) is 9.84 Å². The van der Waals surface area contributed by atoms with Crippen LogP contribution < -0.4 is 4.90 Å². The second kappa shape index (κ2) is 4.84.